The normalized spacial score (nSPS) is 21.5. The standard InChI is InChI=1S/C25H30N4O2/c1-17-19(15-22(31-17)24(2,3)4)23(30)28-12-5-8-25(16-28)9-13-29(25)18-6-7-20-21(14-18)27-11-10-26-20/h6-7,10-11,14-15H,5,8-9,12-13,16H2,1-4H3/t25-/m0/s1. The van der Waals surface area contributed by atoms with Crippen LogP contribution in [0.2, 0.25) is 0 Å². The van der Waals surface area contributed by atoms with Gasteiger partial charge in [-0.3, -0.25) is 14.8 Å². The Balaban J connectivity index is 1.39. The number of nitrogens with zero attached hydrogens (tertiary/aromatic N) is 4. The number of anilines is 1. The number of piperidine rings is 1. The fraction of sp³-hybridized carbons (Fsp3) is 0.480. The molecular formula is C25H30N4O2. The van der Waals surface area contributed by atoms with Gasteiger partial charge < -0.3 is 14.2 Å². The highest BCUT2D eigenvalue weighted by Crippen LogP contribution is 2.43. The van der Waals surface area contributed by atoms with Crippen LogP contribution in [0.25, 0.3) is 11.0 Å². The van der Waals surface area contributed by atoms with Crippen molar-refractivity contribution in [3.05, 3.63) is 53.7 Å². The van der Waals surface area contributed by atoms with Gasteiger partial charge in [-0.05, 0) is 50.5 Å². The molecule has 6 heteroatoms. The van der Waals surface area contributed by atoms with E-state index in [0.29, 0.717) is 11.3 Å². The molecule has 2 fully saturated rings. The van der Waals surface area contributed by atoms with Gasteiger partial charge in [-0.15, -0.1) is 0 Å². The highest BCUT2D eigenvalue weighted by atomic mass is 16.3. The Morgan fingerprint density at radius 2 is 1.84 bits per heavy atom. The van der Waals surface area contributed by atoms with Crippen molar-refractivity contribution in [2.45, 2.75) is 57.9 Å². The number of fused-ring (bicyclic) bond motifs is 1. The van der Waals surface area contributed by atoms with E-state index in [1.165, 1.54) is 5.69 Å². The molecule has 0 saturated carbocycles. The van der Waals surface area contributed by atoms with Gasteiger partial charge in [0.1, 0.15) is 11.5 Å². The number of carbonyl (C=O) groups is 1. The summed E-state index contributed by atoms with van der Waals surface area (Å²) in [5, 5.41) is 0. The SMILES string of the molecule is Cc1oc(C(C)(C)C)cc1C(=O)N1CCC[C@]2(CCN2c2ccc3nccnc3c2)C1. The molecule has 0 N–H and O–H groups in total. The third-order valence-corrected chi connectivity index (χ3v) is 6.87. The quantitative estimate of drug-likeness (QED) is 0.603. The molecule has 2 aliphatic rings. The Labute approximate surface area is 183 Å². The van der Waals surface area contributed by atoms with Crippen LogP contribution in [0.4, 0.5) is 5.69 Å². The summed E-state index contributed by atoms with van der Waals surface area (Å²) in [6, 6.07) is 8.24. The molecule has 0 unspecified atom stereocenters. The zero-order valence-corrected chi connectivity index (χ0v) is 18.8. The Hall–Kier alpha value is -2.89. The van der Waals surface area contributed by atoms with E-state index in [1.807, 2.05) is 24.0 Å². The van der Waals surface area contributed by atoms with E-state index < -0.39 is 0 Å². The molecule has 1 spiro atoms. The predicted molar refractivity (Wildman–Crippen MR) is 122 cm³/mol. The second-order valence-electron chi connectivity index (χ2n) is 10.0. The lowest BCUT2D eigenvalue weighted by molar-refractivity contribution is 0.0562. The van der Waals surface area contributed by atoms with Crippen molar-refractivity contribution >= 4 is 22.6 Å². The number of rotatable bonds is 2. The van der Waals surface area contributed by atoms with Crippen molar-refractivity contribution in [3.8, 4) is 0 Å². The number of aromatic nitrogens is 2. The Bertz CT molecular complexity index is 1150. The summed E-state index contributed by atoms with van der Waals surface area (Å²) in [6.07, 6.45) is 6.68. The van der Waals surface area contributed by atoms with Crippen LogP contribution in [0.3, 0.4) is 0 Å². The van der Waals surface area contributed by atoms with Gasteiger partial charge in [0.2, 0.25) is 0 Å². The van der Waals surface area contributed by atoms with Gasteiger partial charge in [-0.25, -0.2) is 0 Å². The van der Waals surface area contributed by atoms with Gasteiger partial charge in [0.05, 0.1) is 22.1 Å². The van der Waals surface area contributed by atoms with Gasteiger partial charge in [0.15, 0.2) is 0 Å². The Morgan fingerprint density at radius 1 is 1.06 bits per heavy atom. The summed E-state index contributed by atoms with van der Waals surface area (Å²) in [5.74, 6) is 1.67. The highest BCUT2D eigenvalue weighted by molar-refractivity contribution is 5.95. The van der Waals surface area contributed by atoms with Gasteiger partial charge in [-0.1, -0.05) is 20.8 Å². The van der Waals surface area contributed by atoms with E-state index in [1.54, 1.807) is 12.4 Å². The first-order chi connectivity index (χ1) is 14.8. The zero-order chi connectivity index (χ0) is 21.8. The van der Waals surface area contributed by atoms with Crippen LogP contribution in [0.1, 0.15) is 61.9 Å². The summed E-state index contributed by atoms with van der Waals surface area (Å²) in [6.45, 7) is 10.8. The molecule has 1 amide bonds. The largest absolute Gasteiger partial charge is 0.465 e. The van der Waals surface area contributed by atoms with Crippen LogP contribution in [-0.4, -0.2) is 45.9 Å². The number of hydrogen-bond donors (Lipinski definition) is 0. The van der Waals surface area contributed by atoms with Crippen LogP contribution >= 0.6 is 0 Å². The number of hydrogen-bond acceptors (Lipinski definition) is 5. The lowest BCUT2D eigenvalue weighted by Crippen LogP contribution is -2.68. The Kier molecular flexibility index (Phi) is 4.57. The van der Waals surface area contributed by atoms with E-state index in [2.05, 4.69) is 47.8 Å². The molecule has 162 valence electrons. The minimum Gasteiger partial charge on any atom is -0.465 e. The average molecular weight is 419 g/mol. The van der Waals surface area contributed by atoms with Crippen molar-refractivity contribution < 1.29 is 9.21 Å². The molecule has 31 heavy (non-hydrogen) atoms. The van der Waals surface area contributed by atoms with Crippen molar-refractivity contribution in [1.82, 2.24) is 14.9 Å². The molecule has 0 aliphatic carbocycles. The molecule has 0 radical (unpaired) electrons. The fourth-order valence-corrected chi connectivity index (χ4v) is 5.01. The number of furan rings is 1. The van der Waals surface area contributed by atoms with Crippen LogP contribution < -0.4 is 4.90 Å². The lowest BCUT2D eigenvalue weighted by atomic mass is 9.77. The van der Waals surface area contributed by atoms with Gasteiger partial charge in [0.25, 0.3) is 5.91 Å². The summed E-state index contributed by atoms with van der Waals surface area (Å²) >= 11 is 0. The molecule has 6 nitrogen and oxygen atoms in total. The van der Waals surface area contributed by atoms with Gasteiger partial charge >= 0.3 is 0 Å². The molecule has 4 heterocycles. The molecule has 0 bridgehead atoms. The first kappa shape index (κ1) is 20.0. The van der Waals surface area contributed by atoms with E-state index in [-0.39, 0.29) is 16.9 Å². The highest BCUT2D eigenvalue weighted by Gasteiger charge is 2.48. The average Bonchev–Trinajstić information content (AvgIpc) is 3.14. The smallest absolute Gasteiger partial charge is 0.257 e. The van der Waals surface area contributed by atoms with Gasteiger partial charge in [-0.2, -0.15) is 0 Å². The zero-order valence-electron chi connectivity index (χ0n) is 18.8. The molecule has 3 aromatic rings. The summed E-state index contributed by atoms with van der Waals surface area (Å²) in [5.41, 5.74) is 3.59. The molecule has 5 rings (SSSR count). The monoisotopic (exact) mass is 418 g/mol. The summed E-state index contributed by atoms with van der Waals surface area (Å²) in [4.78, 5) is 26.8. The number of aryl methyl sites for hydroxylation is 1. The van der Waals surface area contributed by atoms with Crippen molar-refractivity contribution in [3.63, 3.8) is 0 Å². The number of likely N-dealkylation sites (tertiary alicyclic amines) is 1. The molecule has 1 aromatic carbocycles. The number of benzene rings is 1. The van der Waals surface area contributed by atoms with E-state index in [4.69, 9.17) is 4.42 Å². The van der Waals surface area contributed by atoms with E-state index >= 15 is 0 Å². The summed E-state index contributed by atoms with van der Waals surface area (Å²) < 4.78 is 5.94. The number of carbonyl (C=O) groups excluding carboxylic acids is 1. The van der Waals surface area contributed by atoms with Crippen LogP contribution in [0, 0.1) is 6.92 Å². The van der Waals surface area contributed by atoms with Crippen LogP contribution in [0.15, 0.2) is 41.1 Å². The molecule has 2 aliphatic heterocycles. The number of amides is 1. The predicted octanol–water partition coefficient (Wildman–Crippen LogP) is 4.71. The Morgan fingerprint density at radius 3 is 2.52 bits per heavy atom. The molecule has 2 aromatic heterocycles. The maximum atomic E-state index is 13.4. The lowest BCUT2D eigenvalue weighted by Gasteiger charge is -2.58. The van der Waals surface area contributed by atoms with Crippen LogP contribution in [-0.2, 0) is 5.41 Å². The summed E-state index contributed by atoms with van der Waals surface area (Å²) in [7, 11) is 0. The topological polar surface area (TPSA) is 62.5 Å². The van der Waals surface area contributed by atoms with E-state index in [0.717, 1.165) is 55.7 Å². The van der Waals surface area contributed by atoms with Crippen molar-refractivity contribution in [2.75, 3.05) is 24.5 Å². The third-order valence-electron chi connectivity index (χ3n) is 6.87. The van der Waals surface area contributed by atoms with Crippen molar-refractivity contribution in [1.29, 1.82) is 0 Å². The second kappa shape index (κ2) is 7.08. The van der Waals surface area contributed by atoms with E-state index in [9.17, 15) is 4.79 Å². The molecule has 1 atom stereocenters. The van der Waals surface area contributed by atoms with Gasteiger partial charge in [0, 0.05) is 43.1 Å². The second-order valence-corrected chi connectivity index (χ2v) is 10.0. The molecular weight excluding hydrogens is 388 g/mol. The fourth-order valence-electron chi connectivity index (χ4n) is 5.01. The maximum absolute atomic E-state index is 13.4. The maximum Gasteiger partial charge on any atom is 0.257 e. The third kappa shape index (κ3) is 3.38. The van der Waals surface area contributed by atoms with Crippen LogP contribution in [0.5, 0.6) is 0 Å². The van der Waals surface area contributed by atoms with Crippen molar-refractivity contribution in [2.24, 2.45) is 0 Å². The first-order valence-electron chi connectivity index (χ1n) is 11.2. The molecule has 2 saturated heterocycles. The minimum absolute atomic E-state index is 0.00823. The first-order valence-corrected chi connectivity index (χ1v) is 11.2. The minimum atomic E-state index is -0.115.